The highest BCUT2D eigenvalue weighted by molar-refractivity contribution is 5.26. The molecule has 1 aliphatic carbocycles. The van der Waals surface area contributed by atoms with Gasteiger partial charge in [-0.25, -0.2) is 0 Å². The Labute approximate surface area is 129 Å². The summed E-state index contributed by atoms with van der Waals surface area (Å²) in [5, 5.41) is 3.90. The van der Waals surface area contributed by atoms with E-state index in [0.29, 0.717) is 6.04 Å². The Morgan fingerprint density at radius 2 is 1.62 bits per heavy atom. The summed E-state index contributed by atoms with van der Waals surface area (Å²) in [6.07, 6.45) is 5.30. The van der Waals surface area contributed by atoms with E-state index in [1.807, 2.05) is 0 Å². The van der Waals surface area contributed by atoms with Crippen LogP contribution in [-0.2, 0) is 0 Å². The van der Waals surface area contributed by atoms with E-state index in [-0.39, 0.29) is 0 Å². The Bertz CT molecular complexity index is 437. The van der Waals surface area contributed by atoms with Crippen molar-refractivity contribution < 1.29 is 0 Å². The van der Waals surface area contributed by atoms with E-state index in [4.69, 9.17) is 0 Å². The van der Waals surface area contributed by atoms with Crippen molar-refractivity contribution in [2.24, 2.45) is 0 Å². The second-order valence-electron chi connectivity index (χ2n) is 7.35. The van der Waals surface area contributed by atoms with E-state index >= 15 is 0 Å². The number of benzene rings is 1. The largest absolute Gasteiger partial charge is 0.311 e. The van der Waals surface area contributed by atoms with Gasteiger partial charge in [-0.05, 0) is 71.0 Å². The van der Waals surface area contributed by atoms with E-state index in [1.165, 1.54) is 49.9 Å². The molecule has 1 saturated carbocycles. The second kappa shape index (κ2) is 6.50. The SMILES string of the molecule is Cc1ccc(C2CC(NC3CCN(C(C)C)CC3)C2)cc1. The summed E-state index contributed by atoms with van der Waals surface area (Å²) < 4.78 is 0. The van der Waals surface area contributed by atoms with Crippen molar-refractivity contribution in [3.8, 4) is 0 Å². The average molecular weight is 286 g/mol. The molecule has 0 spiro atoms. The van der Waals surface area contributed by atoms with Gasteiger partial charge in [-0.3, -0.25) is 0 Å². The van der Waals surface area contributed by atoms with Crippen LogP contribution in [0.1, 0.15) is 56.6 Å². The zero-order valence-electron chi connectivity index (χ0n) is 13.8. The van der Waals surface area contributed by atoms with Gasteiger partial charge < -0.3 is 10.2 Å². The number of piperidine rings is 1. The van der Waals surface area contributed by atoms with Gasteiger partial charge in [0.25, 0.3) is 0 Å². The van der Waals surface area contributed by atoms with Gasteiger partial charge in [-0.15, -0.1) is 0 Å². The monoisotopic (exact) mass is 286 g/mol. The molecule has 2 fully saturated rings. The Balaban J connectivity index is 1.40. The highest BCUT2D eigenvalue weighted by Gasteiger charge is 2.32. The van der Waals surface area contributed by atoms with Crippen molar-refractivity contribution >= 4 is 0 Å². The first-order valence-electron chi connectivity index (χ1n) is 8.68. The lowest BCUT2D eigenvalue weighted by molar-refractivity contribution is 0.144. The summed E-state index contributed by atoms with van der Waals surface area (Å²) in [7, 11) is 0. The number of hydrogen-bond donors (Lipinski definition) is 1. The van der Waals surface area contributed by atoms with E-state index in [0.717, 1.165) is 18.0 Å². The molecule has 1 aromatic rings. The van der Waals surface area contributed by atoms with Crippen LogP contribution in [0.25, 0.3) is 0 Å². The maximum Gasteiger partial charge on any atom is 0.00940 e. The minimum absolute atomic E-state index is 0.709. The quantitative estimate of drug-likeness (QED) is 0.908. The zero-order valence-corrected chi connectivity index (χ0v) is 13.8. The third kappa shape index (κ3) is 3.67. The Kier molecular flexibility index (Phi) is 4.66. The standard InChI is InChI=1S/C19H30N2/c1-14(2)21-10-8-18(9-11-21)20-19-12-17(13-19)16-6-4-15(3)5-7-16/h4-7,14,17-20H,8-13H2,1-3H3. The summed E-state index contributed by atoms with van der Waals surface area (Å²) in [6.45, 7) is 9.32. The molecule has 0 aromatic heterocycles. The summed E-state index contributed by atoms with van der Waals surface area (Å²) in [6, 6.07) is 11.3. The smallest absolute Gasteiger partial charge is 0.00940 e. The minimum Gasteiger partial charge on any atom is -0.311 e. The van der Waals surface area contributed by atoms with Crippen LogP contribution in [0.15, 0.2) is 24.3 Å². The molecular weight excluding hydrogens is 256 g/mol. The fourth-order valence-corrected chi connectivity index (χ4v) is 3.78. The van der Waals surface area contributed by atoms with Gasteiger partial charge >= 0.3 is 0 Å². The van der Waals surface area contributed by atoms with Crippen molar-refractivity contribution in [3.05, 3.63) is 35.4 Å². The second-order valence-corrected chi connectivity index (χ2v) is 7.35. The Morgan fingerprint density at radius 3 is 2.19 bits per heavy atom. The van der Waals surface area contributed by atoms with Crippen LogP contribution in [0.3, 0.4) is 0 Å². The fourth-order valence-electron chi connectivity index (χ4n) is 3.78. The van der Waals surface area contributed by atoms with Crippen molar-refractivity contribution in [2.75, 3.05) is 13.1 Å². The number of nitrogens with one attached hydrogen (secondary N) is 1. The third-order valence-corrected chi connectivity index (χ3v) is 5.42. The number of rotatable bonds is 4. The molecule has 2 aliphatic rings. The van der Waals surface area contributed by atoms with Gasteiger partial charge in [0.15, 0.2) is 0 Å². The van der Waals surface area contributed by atoms with Crippen molar-refractivity contribution in [3.63, 3.8) is 0 Å². The molecule has 1 aromatic carbocycles. The van der Waals surface area contributed by atoms with Gasteiger partial charge in [0.2, 0.25) is 0 Å². The van der Waals surface area contributed by atoms with Crippen molar-refractivity contribution in [1.82, 2.24) is 10.2 Å². The van der Waals surface area contributed by atoms with E-state index in [2.05, 4.69) is 55.3 Å². The summed E-state index contributed by atoms with van der Waals surface area (Å²) >= 11 is 0. The van der Waals surface area contributed by atoms with Crippen LogP contribution < -0.4 is 5.32 Å². The molecule has 1 saturated heterocycles. The van der Waals surface area contributed by atoms with Gasteiger partial charge in [-0.1, -0.05) is 29.8 Å². The van der Waals surface area contributed by atoms with Crippen LogP contribution >= 0.6 is 0 Å². The normalized spacial score (nSPS) is 27.8. The van der Waals surface area contributed by atoms with Crippen LogP contribution in [0.5, 0.6) is 0 Å². The highest BCUT2D eigenvalue weighted by atomic mass is 15.2. The minimum atomic E-state index is 0.709. The molecule has 1 N–H and O–H groups in total. The van der Waals surface area contributed by atoms with Gasteiger partial charge in [0.05, 0.1) is 0 Å². The number of nitrogens with zero attached hydrogens (tertiary/aromatic N) is 1. The van der Waals surface area contributed by atoms with Crippen molar-refractivity contribution in [2.45, 2.75) is 70.5 Å². The van der Waals surface area contributed by atoms with Crippen LogP contribution in [0.4, 0.5) is 0 Å². The topological polar surface area (TPSA) is 15.3 Å². The molecule has 0 radical (unpaired) electrons. The maximum atomic E-state index is 3.90. The molecule has 0 bridgehead atoms. The molecule has 0 atom stereocenters. The summed E-state index contributed by atoms with van der Waals surface area (Å²) in [5.74, 6) is 0.791. The van der Waals surface area contributed by atoms with Crippen LogP contribution in [-0.4, -0.2) is 36.1 Å². The van der Waals surface area contributed by atoms with E-state index < -0.39 is 0 Å². The van der Waals surface area contributed by atoms with Crippen LogP contribution in [0.2, 0.25) is 0 Å². The fraction of sp³-hybridized carbons (Fsp3) is 0.684. The molecular formula is C19H30N2. The highest BCUT2D eigenvalue weighted by Crippen LogP contribution is 2.37. The van der Waals surface area contributed by atoms with Gasteiger partial charge in [0, 0.05) is 18.1 Å². The summed E-state index contributed by atoms with van der Waals surface area (Å²) in [4.78, 5) is 2.61. The molecule has 3 rings (SSSR count). The zero-order chi connectivity index (χ0) is 14.8. The number of hydrogen-bond acceptors (Lipinski definition) is 2. The lowest BCUT2D eigenvalue weighted by Gasteiger charge is -2.42. The number of likely N-dealkylation sites (tertiary alicyclic amines) is 1. The van der Waals surface area contributed by atoms with Crippen LogP contribution in [0, 0.1) is 6.92 Å². The van der Waals surface area contributed by atoms with E-state index in [1.54, 1.807) is 0 Å². The predicted octanol–water partition coefficient (Wildman–Crippen LogP) is 3.70. The third-order valence-electron chi connectivity index (χ3n) is 5.42. The van der Waals surface area contributed by atoms with E-state index in [9.17, 15) is 0 Å². The predicted molar refractivity (Wildman–Crippen MR) is 89.8 cm³/mol. The molecule has 116 valence electrons. The first-order chi connectivity index (χ1) is 10.1. The Morgan fingerprint density at radius 1 is 1.00 bits per heavy atom. The molecule has 21 heavy (non-hydrogen) atoms. The van der Waals surface area contributed by atoms with Crippen molar-refractivity contribution in [1.29, 1.82) is 0 Å². The molecule has 0 unspecified atom stereocenters. The number of aryl methyl sites for hydroxylation is 1. The molecule has 1 heterocycles. The van der Waals surface area contributed by atoms with Gasteiger partial charge in [-0.2, -0.15) is 0 Å². The molecule has 1 aliphatic heterocycles. The summed E-state index contributed by atoms with van der Waals surface area (Å²) in [5.41, 5.74) is 2.90. The maximum absolute atomic E-state index is 3.90. The molecule has 2 heteroatoms. The lowest BCUT2D eigenvalue weighted by Crippen LogP contribution is -2.50. The van der Waals surface area contributed by atoms with Gasteiger partial charge in [0.1, 0.15) is 0 Å². The first kappa shape index (κ1) is 15.1. The lowest BCUT2D eigenvalue weighted by atomic mass is 9.75. The molecule has 2 nitrogen and oxygen atoms in total. The Hall–Kier alpha value is -0.860. The molecule has 0 amide bonds. The average Bonchev–Trinajstić information content (AvgIpc) is 2.44. The first-order valence-corrected chi connectivity index (χ1v) is 8.68.